The number of anilines is 2. The maximum Gasteiger partial charge on any atom is 0.307 e. The van der Waals surface area contributed by atoms with Crippen LogP contribution in [0.4, 0.5) is 10.8 Å². The van der Waals surface area contributed by atoms with Gasteiger partial charge in [-0.05, 0) is 31.5 Å². The fraction of sp³-hybridized carbons (Fsp3) is 0.421. The molecule has 1 unspecified atom stereocenters. The van der Waals surface area contributed by atoms with Crippen molar-refractivity contribution in [2.75, 3.05) is 10.6 Å². The third kappa shape index (κ3) is 7.10. The van der Waals surface area contributed by atoms with E-state index in [1.807, 2.05) is 20.8 Å². The first-order chi connectivity index (χ1) is 13.7. The number of ether oxygens (including phenoxy) is 1. The number of benzene rings is 1. The number of nitrogens with one attached hydrogen (secondary N) is 2. The molecule has 0 saturated carbocycles. The van der Waals surface area contributed by atoms with Gasteiger partial charge in [-0.25, -0.2) is 0 Å². The molecule has 2 N–H and O–H groups in total. The zero-order valence-electron chi connectivity index (χ0n) is 16.6. The van der Waals surface area contributed by atoms with Crippen LogP contribution in [0.3, 0.4) is 0 Å². The summed E-state index contributed by atoms with van der Waals surface area (Å²) in [5.41, 5.74) is 1.37. The molecule has 156 valence electrons. The molecule has 0 aliphatic rings. The fourth-order valence-electron chi connectivity index (χ4n) is 2.19. The topological polar surface area (TPSA) is 110 Å². The highest BCUT2D eigenvalue weighted by Gasteiger charge is 2.19. The van der Waals surface area contributed by atoms with Gasteiger partial charge in [0.25, 0.3) is 5.91 Å². The van der Waals surface area contributed by atoms with E-state index in [4.69, 9.17) is 16.3 Å². The molecule has 1 aromatic heterocycles. The molecule has 0 radical (unpaired) electrons. The van der Waals surface area contributed by atoms with Gasteiger partial charge in [-0.3, -0.25) is 14.4 Å². The van der Waals surface area contributed by atoms with Gasteiger partial charge in [-0.1, -0.05) is 42.9 Å². The standard InChI is InChI=1S/C19H23ClN4O4S/c1-10(2)18-23-24-19(29-18)22-15(25)7-8-16(26)28-12(4)17(27)21-14-9-13(20)6-5-11(14)3/h5-6,9-10,12H,7-8H2,1-4H3,(H,21,27)(H,22,24,25). The van der Waals surface area contributed by atoms with Crippen LogP contribution in [0, 0.1) is 6.92 Å². The molecule has 2 amide bonds. The van der Waals surface area contributed by atoms with Crippen LogP contribution in [0.1, 0.15) is 50.1 Å². The Hall–Kier alpha value is -2.52. The van der Waals surface area contributed by atoms with Gasteiger partial charge in [-0.2, -0.15) is 0 Å². The summed E-state index contributed by atoms with van der Waals surface area (Å²) in [6, 6.07) is 5.10. The molecule has 1 heterocycles. The highest BCUT2D eigenvalue weighted by molar-refractivity contribution is 7.15. The van der Waals surface area contributed by atoms with E-state index in [1.165, 1.54) is 18.3 Å². The van der Waals surface area contributed by atoms with Crippen molar-refractivity contribution in [3.63, 3.8) is 0 Å². The second kappa shape index (κ2) is 10.3. The molecule has 8 nitrogen and oxygen atoms in total. The third-order valence-corrected chi connectivity index (χ3v) is 5.25. The minimum atomic E-state index is -1.01. The van der Waals surface area contributed by atoms with Crippen molar-refractivity contribution in [1.29, 1.82) is 0 Å². The van der Waals surface area contributed by atoms with E-state index in [-0.39, 0.29) is 24.7 Å². The van der Waals surface area contributed by atoms with Crippen LogP contribution in [0.25, 0.3) is 0 Å². The van der Waals surface area contributed by atoms with Crippen LogP contribution >= 0.6 is 22.9 Å². The number of hydrogen-bond donors (Lipinski definition) is 2. The molecular formula is C19H23ClN4O4S. The van der Waals surface area contributed by atoms with Gasteiger partial charge in [0, 0.05) is 23.0 Å². The van der Waals surface area contributed by atoms with Crippen LogP contribution in [0.15, 0.2) is 18.2 Å². The third-order valence-electron chi connectivity index (χ3n) is 3.87. The normalized spacial score (nSPS) is 11.8. The van der Waals surface area contributed by atoms with Crippen molar-refractivity contribution in [2.45, 2.75) is 52.6 Å². The molecule has 1 atom stereocenters. The molecule has 2 aromatic rings. The number of halogens is 1. The lowest BCUT2D eigenvalue weighted by Crippen LogP contribution is -2.30. The van der Waals surface area contributed by atoms with Gasteiger partial charge < -0.3 is 15.4 Å². The number of aromatic nitrogens is 2. The van der Waals surface area contributed by atoms with Crippen molar-refractivity contribution in [3.8, 4) is 0 Å². The summed E-state index contributed by atoms with van der Waals surface area (Å²) in [6.45, 7) is 7.24. The lowest BCUT2D eigenvalue weighted by atomic mass is 10.2. The van der Waals surface area contributed by atoms with Gasteiger partial charge >= 0.3 is 5.97 Å². The number of carbonyl (C=O) groups excluding carboxylic acids is 3. The van der Waals surface area contributed by atoms with Crippen LogP contribution in [0.5, 0.6) is 0 Å². The van der Waals surface area contributed by atoms with E-state index in [0.29, 0.717) is 15.8 Å². The zero-order chi connectivity index (χ0) is 21.6. The number of esters is 1. The lowest BCUT2D eigenvalue weighted by Gasteiger charge is -2.15. The van der Waals surface area contributed by atoms with Crippen molar-refractivity contribution in [3.05, 3.63) is 33.8 Å². The first kappa shape index (κ1) is 22.8. The molecule has 29 heavy (non-hydrogen) atoms. The molecule has 0 aliphatic heterocycles. The van der Waals surface area contributed by atoms with Crippen molar-refractivity contribution < 1.29 is 19.1 Å². The Balaban J connectivity index is 1.77. The molecule has 1 aromatic carbocycles. The minimum absolute atomic E-state index is 0.0861. The Labute approximate surface area is 178 Å². The fourth-order valence-corrected chi connectivity index (χ4v) is 3.12. The van der Waals surface area contributed by atoms with Gasteiger partial charge in [0.15, 0.2) is 6.10 Å². The zero-order valence-corrected chi connectivity index (χ0v) is 18.2. The molecule has 0 spiro atoms. The summed E-state index contributed by atoms with van der Waals surface area (Å²) in [6.07, 6.45) is -1.26. The first-order valence-electron chi connectivity index (χ1n) is 9.05. The summed E-state index contributed by atoms with van der Waals surface area (Å²) >= 11 is 7.22. The monoisotopic (exact) mass is 438 g/mol. The molecule has 2 rings (SSSR count). The van der Waals surface area contributed by atoms with Gasteiger partial charge in [0.05, 0.1) is 6.42 Å². The van der Waals surface area contributed by atoms with E-state index >= 15 is 0 Å². The average molecular weight is 439 g/mol. The first-order valence-corrected chi connectivity index (χ1v) is 10.2. The summed E-state index contributed by atoms with van der Waals surface area (Å²) < 4.78 is 5.10. The Bertz CT molecular complexity index is 900. The average Bonchev–Trinajstić information content (AvgIpc) is 3.11. The Kier molecular flexibility index (Phi) is 8.10. The highest BCUT2D eigenvalue weighted by Crippen LogP contribution is 2.23. The number of rotatable bonds is 8. The SMILES string of the molecule is Cc1ccc(Cl)cc1NC(=O)C(C)OC(=O)CCC(=O)Nc1nnc(C(C)C)s1. The summed E-state index contributed by atoms with van der Waals surface area (Å²) in [4.78, 5) is 36.1. The van der Waals surface area contributed by atoms with Crippen LogP contribution in [-0.4, -0.2) is 34.1 Å². The van der Waals surface area contributed by atoms with Crippen LogP contribution in [0.2, 0.25) is 5.02 Å². The summed E-state index contributed by atoms with van der Waals surface area (Å²) in [5, 5.41) is 14.8. The smallest absolute Gasteiger partial charge is 0.307 e. The van der Waals surface area contributed by atoms with E-state index in [9.17, 15) is 14.4 Å². The molecule has 10 heteroatoms. The van der Waals surface area contributed by atoms with E-state index in [0.717, 1.165) is 10.6 Å². The molecule has 0 fully saturated rings. The lowest BCUT2D eigenvalue weighted by molar-refractivity contribution is -0.153. The highest BCUT2D eigenvalue weighted by atomic mass is 35.5. The summed E-state index contributed by atoms with van der Waals surface area (Å²) in [5.74, 6) is -1.29. The van der Waals surface area contributed by atoms with Gasteiger partial charge in [0.2, 0.25) is 11.0 Å². The van der Waals surface area contributed by atoms with Crippen molar-refractivity contribution in [2.24, 2.45) is 0 Å². The van der Waals surface area contributed by atoms with Gasteiger partial charge in [-0.15, -0.1) is 10.2 Å². The number of carbonyl (C=O) groups is 3. The second-order valence-electron chi connectivity index (χ2n) is 6.73. The van der Waals surface area contributed by atoms with Crippen molar-refractivity contribution >= 4 is 51.5 Å². The number of nitrogens with zero attached hydrogens (tertiary/aromatic N) is 2. The van der Waals surface area contributed by atoms with Crippen LogP contribution in [-0.2, 0) is 19.1 Å². The maximum atomic E-state index is 12.2. The molecular weight excluding hydrogens is 416 g/mol. The molecule has 0 saturated heterocycles. The number of aryl methyl sites for hydroxylation is 1. The largest absolute Gasteiger partial charge is 0.453 e. The van der Waals surface area contributed by atoms with Gasteiger partial charge in [0.1, 0.15) is 5.01 Å². The summed E-state index contributed by atoms with van der Waals surface area (Å²) in [7, 11) is 0. The minimum Gasteiger partial charge on any atom is -0.453 e. The van der Waals surface area contributed by atoms with Crippen molar-refractivity contribution in [1.82, 2.24) is 10.2 Å². The molecule has 0 aliphatic carbocycles. The van der Waals surface area contributed by atoms with Crippen LogP contribution < -0.4 is 10.6 Å². The predicted octanol–water partition coefficient (Wildman–Crippen LogP) is 3.91. The van der Waals surface area contributed by atoms with E-state index in [1.54, 1.807) is 18.2 Å². The van der Waals surface area contributed by atoms with E-state index < -0.39 is 18.0 Å². The van der Waals surface area contributed by atoms with E-state index in [2.05, 4.69) is 20.8 Å². The number of amides is 2. The number of hydrogen-bond acceptors (Lipinski definition) is 7. The Morgan fingerprint density at radius 3 is 2.52 bits per heavy atom. The predicted molar refractivity (Wildman–Crippen MR) is 112 cm³/mol. The Morgan fingerprint density at radius 1 is 1.14 bits per heavy atom. The Morgan fingerprint density at radius 2 is 1.86 bits per heavy atom. The second-order valence-corrected chi connectivity index (χ2v) is 8.17. The molecule has 0 bridgehead atoms. The maximum absolute atomic E-state index is 12.2. The quantitative estimate of drug-likeness (QED) is 0.604.